The molecule has 2 heterocycles. The van der Waals surface area contributed by atoms with Crippen molar-refractivity contribution in [2.45, 2.75) is 63.6 Å². The van der Waals surface area contributed by atoms with Gasteiger partial charge in [0, 0.05) is 30.9 Å². The van der Waals surface area contributed by atoms with E-state index in [2.05, 4.69) is 5.32 Å². The molecular weight excluding hydrogens is 517 g/mol. The van der Waals surface area contributed by atoms with Gasteiger partial charge in [0.1, 0.15) is 6.04 Å². The highest BCUT2D eigenvalue weighted by molar-refractivity contribution is 6.02. The highest BCUT2D eigenvalue weighted by Gasteiger charge is 2.58. The number of nitrogens with one attached hydrogen (secondary N) is 1. The van der Waals surface area contributed by atoms with Crippen molar-refractivity contribution in [2.24, 2.45) is 17.1 Å². The minimum atomic E-state index is -4.11. The molecule has 6 nitrogen and oxygen atoms in total. The Morgan fingerprint density at radius 1 is 0.925 bits per heavy atom. The van der Waals surface area contributed by atoms with Crippen molar-refractivity contribution in [3.05, 3.63) is 54.1 Å². The lowest BCUT2D eigenvalue weighted by molar-refractivity contribution is -0.256. The van der Waals surface area contributed by atoms with Crippen LogP contribution in [0.15, 0.2) is 48.5 Å². The number of amides is 2. The highest BCUT2D eigenvalue weighted by Crippen LogP contribution is 2.53. The fraction of sp³-hybridized carbons (Fsp3) is 0.548. The topological polar surface area (TPSA) is 78.7 Å². The molecule has 3 aliphatic rings. The molecule has 0 spiro atoms. The molecule has 1 aliphatic carbocycles. The van der Waals surface area contributed by atoms with Crippen LogP contribution >= 0.6 is 0 Å². The lowest BCUT2D eigenvalue weighted by Gasteiger charge is -2.47. The number of hydrogen-bond donors (Lipinski definition) is 2. The van der Waals surface area contributed by atoms with E-state index < -0.39 is 23.5 Å². The molecule has 1 saturated carbocycles. The molecule has 40 heavy (non-hydrogen) atoms. The quantitative estimate of drug-likeness (QED) is 0.438. The summed E-state index contributed by atoms with van der Waals surface area (Å²) < 4.78 is 40.7. The van der Waals surface area contributed by atoms with E-state index in [0.717, 1.165) is 49.0 Å². The molecule has 5 rings (SSSR count). The van der Waals surface area contributed by atoms with Gasteiger partial charge in [-0.05, 0) is 93.3 Å². The lowest BCUT2D eigenvalue weighted by Crippen LogP contribution is -2.53. The number of nitrogens with zero attached hydrogens (tertiary/aromatic N) is 2. The third-order valence-electron chi connectivity index (χ3n) is 9.19. The summed E-state index contributed by atoms with van der Waals surface area (Å²) in [6.07, 6.45) is 1.19. The monoisotopic (exact) mass is 556 g/mol. The van der Waals surface area contributed by atoms with Crippen LogP contribution in [0.5, 0.6) is 0 Å². The average Bonchev–Trinajstić information content (AvgIpc) is 2.93. The average molecular weight is 557 g/mol. The molecule has 2 aliphatic heterocycles. The molecule has 1 atom stereocenters. The van der Waals surface area contributed by atoms with Gasteiger partial charge in [0.2, 0.25) is 5.91 Å². The Kier molecular flexibility index (Phi) is 8.40. The number of rotatable bonds is 8. The van der Waals surface area contributed by atoms with Gasteiger partial charge in [-0.1, -0.05) is 36.8 Å². The van der Waals surface area contributed by atoms with E-state index in [4.69, 9.17) is 5.73 Å². The second-order valence-corrected chi connectivity index (χ2v) is 11.8. The number of primary amides is 1. The molecule has 3 N–H and O–H groups in total. The largest absolute Gasteiger partial charge is 0.395 e. The Bertz CT molecular complexity index is 1190. The number of piperidine rings is 2. The summed E-state index contributed by atoms with van der Waals surface area (Å²) in [4.78, 5) is 29.1. The van der Waals surface area contributed by atoms with Crippen molar-refractivity contribution in [1.82, 2.24) is 9.80 Å². The zero-order valence-corrected chi connectivity index (χ0v) is 22.9. The van der Waals surface area contributed by atoms with Crippen LogP contribution in [0.1, 0.15) is 61.7 Å². The predicted molar refractivity (Wildman–Crippen MR) is 150 cm³/mol. The van der Waals surface area contributed by atoms with Gasteiger partial charge in [0.25, 0.3) is 5.91 Å². The number of anilines is 1. The van der Waals surface area contributed by atoms with E-state index >= 15 is 0 Å². The van der Waals surface area contributed by atoms with Crippen LogP contribution < -0.4 is 11.1 Å². The summed E-state index contributed by atoms with van der Waals surface area (Å²) in [5, 5.41) is 3.49. The van der Waals surface area contributed by atoms with Gasteiger partial charge in [-0.15, -0.1) is 0 Å². The maximum Gasteiger partial charge on any atom is 0.395 e. The van der Waals surface area contributed by atoms with Crippen molar-refractivity contribution in [1.29, 1.82) is 0 Å². The minimum Gasteiger partial charge on any atom is -0.385 e. The van der Waals surface area contributed by atoms with Gasteiger partial charge >= 0.3 is 6.18 Å². The van der Waals surface area contributed by atoms with E-state index in [0.29, 0.717) is 44.0 Å². The Hall–Kier alpha value is -3.07. The van der Waals surface area contributed by atoms with E-state index in [1.807, 2.05) is 47.4 Å². The second kappa shape index (κ2) is 11.8. The molecule has 2 aromatic rings. The van der Waals surface area contributed by atoms with Crippen molar-refractivity contribution in [3.63, 3.8) is 0 Å². The highest BCUT2D eigenvalue weighted by atomic mass is 19.4. The number of hydrogen-bond acceptors (Lipinski definition) is 4. The number of nitrogens with two attached hydrogens (primary N) is 1. The standard InChI is InChI=1S/C31H39F3N4O2/c32-31(33,34)30(15-5-16-30)21-37-18-13-22(14-19-37)20-36-24-11-9-23(10-12-24)25-6-1-2-7-26(25)29(40)38-17-4-3-8-27(38)28(35)39/h1-2,6-7,9-12,22,27,36H,3-5,8,13-21H2,(H2,35,39)/t27-/m1/s1. The molecule has 2 amide bonds. The number of halogens is 3. The van der Waals surface area contributed by atoms with Crippen LogP contribution in [0.2, 0.25) is 0 Å². The van der Waals surface area contributed by atoms with Gasteiger partial charge in [0.15, 0.2) is 0 Å². The van der Waals surface area contributed by atoms with Crippen molar-refractivity contribution < 1.29 is 22.8 Å². The summed E-state index contributed by atoms with van der Waals surface area (Å²) in [5.74, 6) is -0.221. The molecular formula is C31H39F3N4O2. The number of carbonyl (C=O) groups excluding carboxylic acids is 2. The maximum atomic E-state index is 13.6. The fourth-order valence-electron chi connectivity index (χ4n) is 6.49. The second-order valence-electron chi connectivity index (χ2n) is 11.8. The van der Waals surface area contributed by atoms with Crippen LogP contribution in [-0.4, -0.2) is 66.6 Å². The van der Waals surface area contributed by atoms with Gasteiger partial charge in [0.05, 0.1) is 5.41 Å². The lowest BCUT2D eigenvalue weighted by atomic mass is 9.67. The summed E-state index contributed by atoms with van der Waals surface area (Å²) in [5.41, 5.74) is 7.34. The molecule has 0 radical (unpaired) electrons. The number of likely N-dealkylation sites (tertiary alicyclic amines) is 2. The molecule has 0 bridgehead atoms. The van der Waals surface area contributed by atoms with Crippen molar-refractivity contribution in [2.75, 3.05) is 38.0 Å². The number of carbonyl (C=O) groups is 2. The molecule has 3 fully saturated rings. The third kappa shape index (κ3) is 5.99. The first kappa shape index (κ1) is 28.5. The Morgan fingerprint density at radius 3 is 2.25 bits per heavy atom. The molecule has 2 aromatic carbocycles. The van der Waals surface area contributed by atoms with Crippen LogP contribution in [0.25, 0.3) is 11.1 Å². The van der Waals surface area contributed by atoms with Crippen LogP contribution in [0.3, 0.4) is 0 Å². The SMILES string of the molecule is NC(=O)[C@H]1CCCCN1C(=O)c1ccccc1-c1ccc(NCC2CCN(CC3(C(F)(F)F)CCC3)CC2)cc1. The van der Waals surface area contributed by atoms with Gasteiger partial charge < -0.3 is 20.9 Å². The van der Waals surface area contributed by atoms with E-state index in [-0.39, 0.29) is 25.3 Å². The van der Waals surface area contributed by atoms with E-state index in [1.165, 1.54) is 0 Å². The molecule has 9 heteroatoms. The summed E-state index contributed by atoms with van der Waals surface area (Å²) in [6.45, 7) is 2.86. The van der Waals surface area contributed by atoms with Crippen molar-refractivity contribution >= 4 is 17.5 Å². The van der Waals surface area contributed by atoms with E-state index in [9.17, 15) is 22.8 Å². The normalized spacial score (nSPS) is 22.0. The van der Waals surface area contributed by atoms with Gasteiger partial charge in [-0.3, -0.25) is 9.59 Å². The Balaban J connectivity index is 1.16. The minimum absolute atomic E-state index is 0.142. The molecule has 0 unspecified atom stereocenters. The Morgan fingerprint density at radius 2 is 1.62 bits per heavy atom. The summed E-state index contributed by atoms with van der Waals surface area (Å²) in [7, 11) is 0. The summed E-state index contributed by atoms with van der Waals surface area (Å²) >= 11 is 0. The first-order chi connectivity index (χ1) is 19.2. The number of alkyl halides is 3. The fourth-order valence-corrected chi connectivity index (χ4v) is 6.49. The first-order valence-corrected chi connectivity index (χ1v) is 14.5. The van der Waals surface area contributed by atoms with Crippen LogP contribution in [0, 0.1) is 11.3 Å². The Labute approximate surface area is 234 Å². The molecule has 0 aromatic heterocycles. The smallest absolute Gasteiger partial charge is 0.385 e. The maximum absolute atomic E-state index is 13.6. The van der Waals surface area contributed by atoms with Crippen LogP contribution in [0.4, 0.5) is 18.9 Å². The zero-order valence-electron chi connectivity index (χ0n) is 22.9. The zero-order chi connectivity index (χ0) is 28.3. The summed E-state index contributed by atoms with van der Waals surface area (Å²) in [6, 6.07) is 14.8. The molecule has 216 valence electrons. The van der Waals surface area contributed by atoms with Gasteiger partial charge in [-0.2, -0.15) is 13.2 Å². The predicted octanol–water partition coefficient (Wildman–Crippen LogP) is 5.69. The van der Waals surface area contributed by atoms with Crippen molar-refractivity contribution in [3.8, 4) is 11.1 Å². The van der Waals surface area contributed by atoms with E-state index in [1.54, 1.807) is 11.0 Å². The first-order valence-electron chi connectivity index (χ1n) is 14.5. The third-order valence-corrected chi connectivity index (χ3v) is 9.19. The number of benzene rings is 2. The molecule has 2 saturated heterocycles. The van der Waals surface area contributed by atoms with Gasteiger partial charge in [-0.25, -0.2) is 0 Å². The van der Waals surface area contributed by atoms with Crippen LogP contribution in [-0.2, 0) is 4.79 Å².